The summed E-state index contributed by atoms with van der Waals surface area (Å²) in [4.78, 5) is 12.0. The van der Waals surface area contributed by atoms with E-state index < -0.39 is 5.41 Å². The van der Waals surface area contributed by atoms with Crippen LogP contribution in [0.2, 0.25) is 5.02 Å². The average molecular weight is 239 g/mol. The van der Waals surface area contributed by atoms with Gasteiger partial charge in [0.2, 0.25) is 5.91 Å². The molecule has 1 heterocycles. The van der Waals surface area contributed by atoms with Gasteiger partial charge in [-0.3, -0.25) is 4.79 Å². The van der Waals surface area contributed by atoms with Crippen LogP contribution in [0.25, 0.3) is 0 Å². The second-order valence-electron chi connectivity index (χ2n) is 4.42. The van der Waals surface area contributed by atoms with Crippen molar-refractivity contribution >= 4 is 23.2 Å². The zero-order valence-corrected chi connectivity index (χ0v) is 10.2. The largest absolute Gasteiger partial charge is 0.330 e. The number of carbonyl (C=O) groups excluding carboxylic acids is 1. The predicted octanol–water partition coefficient (Wildman–Crippen LogP) is 2.21. The van der Waals surface area contributed by atoms with Crippen molar-refractivity contribution in [1.82, 2.24) is 0 Å². The van der Waals surface area contributed by atoms with E-state index in [1.807, 2.05) is 26.0 Å². The highest BCUT2D eigenvalue weighted by atomic mass is 35.5. The summed E-state index contributed by atoms with van der Waals surface area (Å²) < 4.78 is 0. The molecule has 1 unspecified atom stereocenters. The SMILES string of the molecule is Cc1c(Cl)ccc2c1NC(=O)C2(C)CCN. The van der Waals surface area contributed by atoms with Crippen molar-refractivity contribution in [3.8, 4) is 0 Å². The fourth-order valence-corrected chi connectivity index (χ4v) is 2.38. The van der Waals surface area contributed by atoms with Crippen LogP contribution in [-0.4, -0.2) is 12.5 Å². The third-order valence-corrected chi connectivity index (χ3v) is 3.79. The second-order valence-corrected chi connectivity index (χ2v) is 4.83. The van der Waals surface area contributed by atoms with E-state index in [4.69, 9.17) is 17.3 Å². The topological polar surface area (TPSA) is 55.1 Å². The second kappa shape index (κ2) is 3.75. The Labute approximate surface area is 100.0 Å². The minimum Gasteiger partial charge on any atom is -0.330 e. The number of rotatable bonds is 2. The van der Waals surface area contributed by atoms with Gasteiger partial charge in [-0.15, -0.1) is 0 Å². The highest BCUT2D eigenvalue weighted by molar-refractivity contribution is 6.32. The first-order valence-corrected chi connectivity index (χ1v) is 5.69. The van der Waals surface area contributed by atoms with Crippen LogP contribution < -0.4 is 11.1 Å². The van der Waals surface area contributed by atoms with Crippen LogP contribution in [0.1, 0.15) is 24.5 Å². The molecule has 0 bridgehead atoms. The van der Waals surface area contributed by atoms with Crippen LogP contribution in [0, 0.1) is 6.92 Å². The number of halogens is 1. The highest BCUT2D eigenvalue weighted by Crippen LogP contribution is 2.43. The summed E-state index contributed by atoms with van der Waals surface area (Å²) in [5, 5.41) is 3.58. The van der Waals surface area contributed by atoms with Crippen LogP contribution in [0.15, 0.2) is 12.1 Å². The average Bonchev–Trinajstić information content (AvgIpc) is 2.48. The van der Waals surface area contributed by atoms with Crippen molar-refractivity contribution in [3.05, 3.63) is 28.3 Å². The van der Waals surface area contributed by atoms with Gasteiger partial charge >= 0.3 is 0 Å². The van der Waals surface area contributed by atoms with Crippen LogP contribution >= 0.6 is 11.6 Å². The molecule has 2 rings (SSSR count). The van der Waals surface area contributed by atoms with Crippen LogP contribution in [0.4, 0.5) is 5.69 Å². The summed E-state index contributed by atoms with van der Waals surface area (Å²) in [6.45, 7) is 4.33. The Kier molecular flexibility index (Phi) is 2.68. The Morgan fingerprint density at radius 1 is 1.50 bits per heavy atom. The van der Waals surface area contributed by atoms with Gasteiger partial charge in [-0.2, -0.15) is 0 Å². The summed E-state index contributed by atoms with van der Waals surface area (Å²) >= 11 is 6.03. The third-order valence-electron chi connectivity index (χ3n) is 3.38. The van der Waals surface area contributed by atoms with Crippen molar-refractivity contribution in [2.45, 2.75) is 25.7 Å². The molecular weight excluding hydrogens is 224 g/mol. The minimum absolute atomic E-state index is 0.0123. The Balaban J connectivity index is 2.59. The fraction of sp³-hybridized carbons (Fsp3) is 0.417. The van der Waals surface area contributed by atoms with Crippen LogP contribution in [-0.2, 0) is 10.2 Å². The van der Waals surface area contributed by atoms with Gasteiger partial charge < -0.3 is 11.1 Å². The number of carbonyl (C=O) groups is 1. The molecule has 1 aliphatic heterocycles. The van der Waals surface area contributed by atoms with E-state index >= 15 is 0 Å². The summed E-state index contributed by atoms with van der Waals surface area (Å²) in [5.41, 5.74) is 7.84. The maximum Gasteiger partial charge on any atom is 0.234 e. The Hall–Kier alpha value is -1.06. The monoisotopic (exact) mass is 238 g/mol. The van der Waals surface area contributed by atoms with Crippen LogP contribution in [0.3, 0.4) is 0 Å². The fourth-order valence-electron chi connectivity index (χ4n) is 2.22. The molecule has 1 aromatic carbocycles. The van der Waals surface area contributed by atoms with Crippen molar-refractivity contribution in [2.24, 2.45) is 5.73 Å². The summed E-state index contributed by atoms with van der Waals surface area (Å²) in [5.74, 6) is 0.0123. The first-order valence-electron chi connectivity index (χ1n) is 5.32. The summed E-state index contributed by atoms with van der Waals surface area (Å²) in [7, 11) is 0. The lowest BCUT2D eigenvalue weighted by atomic mass is 9.80. The minimum atomic E-state index is -0.514. The standard InChI is InChI=1S/C12H15ClN2O/c1-7-9(13)4-3-8-10(7)15-11(16)12(8,2)5-6-14/h3-4H,5-6,14H2,1-2H3,(H,15,16). The Bertz CT molecular complexity index is 459. The van der Waals surface area contributed by atoms with Gasteiger partial charge in [0, 0.05) is 10.7 Å². The van der Waals surface area contributed by atoms with E-state index in [1.54, 1.807) is 0 Å². The van der Waals surface area contributed by atoms with E-state index in [-0.39, 0.29) is 5.91 Å². The van der Waals surface area contributed by atoms with Gasteiger partial charge in [0.25, 0.3) is 0 Å². The zero-order chi connectivity index (χ0) is 11.9. The molecule has 1 atom stereocenters. The number of nitrogens with two attached hydrogens (primary N) is 1. The number of amides is 1. The van der Waals surface area contributed by atoms with Crippen molar-refractivity contribution in [3.63, 3.8) is 0 Å². The molecule has 3 nitrogen and oxygen atoms in total. The molecular formula is C12H15ClN2O. The number of benzene rings is 1. The van der Waals surface area contributed by atoms with Gasteiger partial charge in [-0.25, -0.2) is 0 Å². The normalized spacial score (nSPS) is 23.1. The predicted molar refractivity (Wildman–Crippen MR) is 65.8 cm³/mol. The molecule has 1 aromatic rings. The number of nitrogens with one attached hydrogen (secondary N) is 1. The number of anilines is 1. The lowest BCUT2D eigenvalue weighted by molar-refractivity contribution is -0.120. The lowest BCUT2D eigenvalue weighted by Gasteiger charge is -2.21. The number of hydrogen-bond donors (Lipinski definition) is 2. The molecule has 1 aliphatic rings. The summed E-state index contributed by atoms with van der Waals surface area (Å²) in [6.07, 6.45) is 0.646. The quantitative estimate of drug-likeness (QED) is 0.830. The zero-order valence-electron chi connectivity index (χ0n) is 9.43. The lowest BCUT2D eigenvalue weighted by Crippen LogP contribution is -2.33. The van der Waals surface area contributed by atoms with E-state index in [2.05, 4.69) is 5.32 Å². The van der Waals surface area contributed by atoms with Gasteiger partial charge in [-0.05, 0) is 44.0 Å². The van der Waals surface area contributed by atoms with Gasteiger partial charge in [0.1, 0.15) is 0 Å². The van der Waals surface area contributed by atoms with Crippen molar-refractivity contribution < 1.29 is 4.79 Å². The first kappa shape index (κ1) is 11.4. The van der Waals surface area contributed by atoms with Crippen molar-refractivity contribution in [1.29, 1.82) is 0 Å². The Morgan fingerprint density at radius 3 is 2.81 bits per heavy atom. The number of fused-ring (bicyclic) bond motifs is 1. The van der Waals surface area contributed by atoms with Gasteiger partial charge in [-0.1, -0.05) is 17.7 Å². The number of hydrogen-bond acceptors (Lipinski definition) is 2. The van der Waals surface area contributed by atoms with Gasteiger partial charge in [0.15, 0.2) is 0 Å². The molecule has 0 saturated carbocycles. The van der Waals surface area contributed by atoms with Crippen LogP contribution in [0.5, 0.6) is 0 Å². The molecule has 3 N–H and O–H groups in total. The first-order chi connectivity index (χ1) is 7.50. The van der Waals surface area contributed by atoms with E-state index in [0.29, 0.717) is 18.0 Å². The molecule has 0 spiro atoms. The Morgan fingerprint density at radius 2 is 2.19 bits per heavy atom. The smallest absolute Gasteiger partial charge is 0.234 e. The van der Waals surface area contributed by atoms with E-state index in [9.17, 15) is 4.79 Å². The summed E-state index contributed by atoms with van der Waals surface area (Å²) in [6, 6.07) is 3.75. The molecule has 0 aliphatic carbocycles. The molecule has 0 fully saturated rings. The molecule has 1 amide bonds. The third kappa shape index (κ3) is 1.43. The maximum absolute atomic E-state index is 12.0. The van der Waals surface area contributed by atoms with E-state index in [0.717, 1.165) is 16.8 Å². The maximum atomic E-state index is 12.0. The van der Waals surface area contributed by atoms with Gasteiger partial charge in [0.05, 0.1) is 5.41 Å². The molecule has 4 heteroatoms. The molecule has 0 radical (unpaired) electrons. The molecule has 0 aromatic heterocycles. The molecule has 16 heavy (non-hydrogen) atoms. The highest BCUT2D eigenvalue weighted by Gasteiger charge is 2.42. The molecule has 86 valence electrons. The van der Waals surface area contributed by atoms with E-state index in [1.165, 1.54) is 0 Å². The van der Waals surface area contributed by atoms with Crippen molar-refractivity contribution in [2.75, 3.05) is 11.9 Å². The molecule has 0 saturated heterocycles.